The van der Waals surface area contributed by atoms with Crippen LogP contribution in [0.15, 0.2) is 5.16 Å². The number of hydrogen-bond donors (Lipinski definition) is 0. The standard InChI is InChI=1S/C17H29NO5/c1-4-22-15(18-21-3)11-9-13-7-6-8-14(17(13)20)10-12-16(19)23-5-2/h13-14H,4-12H2,1-3H3. The van der Waals surface area contributed by atoms with Gasteiger partial charge < -0.3 is 14.3 Å². The zero-order valence-corrected chi connectivity index (χ0v) is 14.5. The summed E-state index contributed by atoms with van der Waals surface area (Å²) in [6.07, 6.45) is 5.04. The van der Waals surface area contributed by atoms with Crippen molar-refractivity contribution in [1.29, 1.82) is 0 Å². The highest BCUT2D eigenvalue weighted by molar-refractivity contribution is 5.85. The lowest BCUT2D eigenvalue weighted by atomic mass is 9.76. The second-order valence-electron chi connectivity index (χ2n) is 5.71. The van der Waals surface area contributed by atoms with Crippen molar-refractivity contribution in [2.24, 2.45) is 17.0 Å². The van der Waals surface area contributed by atoms with Crippen LogP contribution in [0.1, 0.15) is 58.8 Å². The highest BCUT2D eigenvalue weighted by Gasteiger charge is 2.31. The van der Waals surface area contributed by atoms with Crippen LogP contribution in [0.4, 0.5) is 0 Å². The molecular formula is C17H29NO5. The summed E-state index contributed by atoms with van der Waals surface area (Å²) in [4.78, 5) is 28.8. The smallest absolute Gasteiger partial charge is 0.305 e. The SMILES string of the molecule is CCOC(=O)CCC1CCCC(CCC(=NOC)OCC)C1=O. The van der Waals surface area contributed by atoms with Crippen molar-refractivity contribution in [1.82, 2.24) is 0 Å². The van der Waals surface area contributed by atoms with E-state index in [0.717, 1.165) is 25.7 Å². The fourth-order valence-electron chi connectivity index (χ4n) is 3.04. The Bertz CT molecular complexity index is 408. The lowest BCUT2D eigenvalue weighted by Crippen LogP contribution is -2.29. The number of oxime groups is 1. The zero-order valence-electron chi connectivity index (χ0n) is 14.5. The van der Waals surface area contributed by atoms with Crippen molar-refractivity contribution < 1.29 is 23.9 Å². The Morgan fingerprint density at radius 2 is 1.70 bits per heavy atom. The van der Waals surface area contributed by atoms with Gasteiger partial charge in [0, 0.05) is 24.7 Å². The van der Waals surface area contributed by atoms with Crippen molar-refractivity contribution >= 4 is 17.7 Å². The van der Waals surface area contributed by atoms with E-state index in [2.05, 4.69) is 5.16 Å². The number of carbonyl (C=O) groups is 2. The molecule has 0 aromatic carbocycles. The molecule has 1 aliphatic carbocycles. The van der Waals surface area contributed by atoms with Crippen LogP contribution in [0.5, 0.6) is 0 Å². The van der Waals surface area contributed by atoms with E-state index < -0.39 is 0 Å². The molecule has 0 saturated heterocycles. The second-order valence-corrected chi connectivity index (χ2v) is 5.71. The number of hydrogen-bond acceptors (Lipinski definition) is 6. The molecule has 0 aromatic heterocycles. The van der Waals surface area contributed by atoms with E-state index in [0.29, 0.717) is 38.4 Å². The van der Waals surface area contributed by atoms with E-state index in [1.165, 1.54) is 7.11 Å². The topological polar surface area (TPSA) is 74.2 Å². The Morgan fingerprint density at radius 1 is 1.09 bits per heavy atom. The molecule has 0 aromatic rings. The van der Waals surface area contributed by atoms with E-state index in [1.54, 1.807) is 6.92 Å². The van der Waals surface area contributed by atoms with Gasteiger partial charge in [0.2, 0.25) is 5.90 Å². The minimum Gasteiger partial charge on any atom is -0.479 e. The summed E-state index contributed by atoms with van der Waals surface area (Å²) in [5.41, 5.74) is 0. The molecule has 0 N–H and O–H groups in total. The van der Waals surface area contributed by atoms with Gasteiger partial charge in [-0.05, 0) is 39.5 Å². The van der Waals surface area contributed by atoms with Gasteiger partial charge in [-0.1, -0.05) is 11.6 Å². The van der Waals surface area contributed by atoms with Gasteiger partial charge in [-0.2, -0.15) is 0 Å². The Balaban J connectivity index is 2.46. The van der Waals surface area contributed by atoms with Crippen LogP contribution in [0, 0.1) is 11.8 Å². The third-order valence-electron chi connectivity index (χ3n) is 4.12. The van der Waals surface area contributed by atoms with E-state index in [4.69, 9.17) is 14.3 Å². The first-order valence-corrected chi connectivity index (χ1v) is 8.54. The molecular weight excluding hydrogens is 298 g/mol. The van der Waals surface area contributed by atoms with E-state index >= 15 is 0 Å². The van der Waals surface area contributed by atoms with Crippen molar-refractivity contribution in [3.8, 4) is 0 Å². The molecule has 0 amide bonds. The molecule has 1 aliphatic rings. The monoisotopic (exact) mass is 327 g/mol. The number of carbonyl (C=O) groups excluding carboxylic acids is 2. The Labute approximate surface area is 138 Å². The number of Topliss-reactive ketones (excluding diaryl/α,β-unsaturated/α-hetero) is 1. The number of rotatable bonds is 9. The molecule has 1 saturated carbocycles. The largest absolute Gasteiger partial charge is 0.479 e. The molecule has 132 valence electrons. The summed E-state index contributed by atoms with van der Waals surface area (Å²) in [5, 5.41) is 3.84. The molecule has 0 heterocycles. The maximum absolute atomic E-state index is 12.6. The molecule has 0 bridgehead atoms. The van der Waals surface area contributed by atoms with Crippen LogP contribution < -0.4 is 0 Å². The van der Waals surface area contributed by atoms with Crippen molar-refractivity contribution in [2.75, 3.05) is 20.3 Å². The summed E-state index contributed by atoms with van der Waals surface area (Å²) >= 11 is 0. The molecule has 2 unspecified atom stereocenters. The molecule has 6 nitrogen and oxygen atoms in total. The van der Waals surface area contributed by atoms with Crippen LogP contribution in [-0.4, -0.2) is 38.0 Å². The third-order valence-corrected chi connectivity index (χ3v) is 4.12. The highest BCUT2D eigenvalue weighted by Crippen LogP contribution is 2.31. The van der Waals surface area contributed by atoms with Crippen molar-refractivity contribution in [2.45, 2.75) is 58.8 Å². The van der Waals surface area contributed by atoms with E-state index in [9.17, 15) is 9.59 Å². The summed E-state index contributed by atoms with van der Waals surface area (Å²) < 4.78 is 10.3. The summed E-state index contributed by atoms with van der Waals surface area (Å²) in [6.45, 7) is 4.60. The molecule has 0 aliphatic heterocycles. The molecule has 23 heavy (non-hydrogen) atoms. The normalized spacial score (nSPS) is 21.9. The third kappa shape index (κ3) is 7.01. The fourth-order valence-corrected chi connectivity index (χ4v) is 3.04. The molecule has 2 atom stereocenters. The quantitative estimate of drug-likeness (QED) is 0.281. The van der Waals surface area contributed by atoms with Gasteiger partial charge in [-0.25, -0.2) is 0 Å². The second kappa shape index (κ2) is 11.0. The van der Waals surface area contributed by atoms with E-state index in [1.807, 2.05) is 6.92 Å². The average molecular weight is 327 g/mol. The van der Waals surface area contributed by atoms with Gasteiger partial charge in [0.25, 0.3) is 0 Å². The Kier molecular flexibility index (Phi) is 9.33. The zero-order chi connectivity index (χ0) is 17.1. The molecule has 0 spiro atoms. The number of nitrogens with zero attached hydrogens (tertiary/aromatic N) is 1. The minimum atomic E-state index is -0.215. The van der Waals surface area contributed by atoms with Crippen LogP contribution >= 0.6 is 0 Å². The van der Waals surface area contributed by atoms with Crippen LogP contribution in [-0.2, 0) is 23.9 Å². The fraction of sp³-hybridized carbons (Fsp3) is 0.824. The van der Waals surface area contributed by atoms with Gasteiger partial charge in [0.15, 0.2) is 0 Å². The van der Waals surface area contributed by atoms with Gasteiger partial charge in [0.1, 0.15) is 12.9 Å². The molecule has 1 fully saturated rings. The predicted octanol–water partition coefficient (Wildman–Crippen LogP) is 3.09. The maximum Gasteiger partial charge on any atom is 0.305 e. The number of esters is 1. The highest BCUT2D eigenvalue weighted by atomic mass is 16.6. The number of ether oxygens (including phenoxy) is 2. The molecule has 6 heteroatoms. The maximum atomic E-state index is 12.6. The molecule has 0 radical (unpaired) electrons. The molecule has 1 rings (SSSR count). The summed E-state index contributed by atoms with van der Waals surface area (Å²) in [5.74, 6) is 0.602. The predicted molar refractivity (Wildman–Crippen MR) is 87.0 cm³/mol. The average Bonchev–Trinajstić information content (AvgIpc) is 2.53. The van der Waals surface area contributed by atoms with Gasteiger partial charge in [0.05, 0.1) is 13.2 Å². The summed E-state index contributed by atoms with van der Waals surface area (Å²) in [7, 11) is 1.48. The van der Waals surface area contributed by atoms with Gasteiger partial charge >= 0.3 is 5.97 Å². The number of ketones is 1. The van der Waals surface area contributed by atoms with E-state index in [-0.39, 0.29) is 23.6 Å². The lowest BCUT2D eigenvalue weighted by molar-refractivity contribution is -0.143. The van der Waals surface area contributed by atoms with Crippen molar-refractivity contribution in [3.05, 3.63) is 0 Å². The first-order valence-electron chi connectivity index (χ1n) is 8.54. The van der Waals surface area contributed by atoms with Crippen LogP contribution in [0.3, 0.4) is 0 Å². The van der Waals surface area contributed by atoms with Gasteiger partial charge in [-0.15, -0.1) is 0 Å². The van der Waals surface area contributed by atoms with Crippen LogP contribution in [0.25, 0.3) is 0 Å². The first kappa shape index (κ1) is 19.5. The van der Waals surface area contributed by atoms with Gasteiger partial charge in [-0.3, -0.25) is 9.59 Å². The summed E-state index contributed by atoms with van der Waals surface area (Å²) in [6, 6.07) is 0. The lowest BCUT2D eigenvalue weighted by Gasteiger charge is -2.27. The minimum absolute atomic E-state index is 0.0203. The van der Waals surface area contributed by atoms with Crippen LogP contribution in [0.2, 0.25) is 0 Å². The Morgan fingerprint density at radius 3 is 2.26 bits per heavy atom. The van der Waals surface area contributed by atoms with Crippen molar-refractivity contribution in [3.63, 3.8) is 0 Å². The Hall–Kier alpha value is -1.59. The first-order chi connectivity index (χ1) is 11.1.